The van der Waals surface area contributed by atoms with Crippen LogP contribution in [0.3, 0.4) is 0 Å². The molecule has 0 saturated carbocycles. The van der Waals surface area contributed by atoms with Crippen LogP contribution < -0.4 is 9.62 Å². The van der Waals surface area contributed by atoms with Crippen LogP contribution in [0.5, 0.6) is 0 Å². The number of rotatable bonds is 9. The van der Waals surface area contributed by atoms with Crippen LogP contribution in [0, 0.1) is 17.0 Å². The van der Waals surface area contributed by atoms with Gasteiger partial charge in [-0.05, 0) is 25.8 Å². The molecule has 10 nitrogen and oxygen atoms in total. The van der Waals surface area contributed by atoms with E-state index in [-0.39, 0.29) is 16.5 Å². The Bertz CT molecular complexity index is 1010. The zero-order valence-electron chi connectivity index (χ0n) is 16.3. The lowest BCUT2D eigenvalue weighted by atomic mass is 10.1. The normalized spacial score (nSPS) is 12.4. The summed E-state index contributed by atoms with van der Waals surface area (Å²) < 4.78 is 26.4. The van der Waals surface area contributed by atoms with E-state index < -0.39 is 26.9 Å². The number of benzene rings is 1. The lowest BCUT2D eigenvalue weighted by Gasteiger charge is -2.29. The van der Waals surface area contributed by atoms with Gasteiger partial charge in [0.25, 0.3) is 5.69 Å². The molecule has 2 rings (SSSR count). The minimum atomic E-state index is -3.91. The summed E-state index contributed by atoms with van der Waals surface area (Å²) in [7, 11) is -3.91. The van der Waals surface area contributed by atoms with E-state index in [9.17, 15) is 23.3 Å². The second-order valence-electron chi connectivity index (χ2n) is 6.17. The molecular formula is C16H21N5O5S3. The van der Waals surface area contributed by atoms with Crippen molar-refractivity contribution in [3.05, 3.63) is 33.9 Å². The third kappa shape index (κ3) is 5.87. The van der Waals surface area contributed by atoms with Crippen molar-refractivity contribution < 1.29 is 18.1 Å². The van der Waals surface area contributed by atoms with Crippen molar-refractivity contribution in [3.8, 4) is 0 Å². The number of nitro groups is 1. The van der Waals surface area contributed by atoms with Crippen LogP contribution in [-0.2, 0) is 14.8 Å². The Hall–Kier alpha value is -2.25. The molecule has 1 amide bonds. The summed E-state index contributed by atoms with van der Waals surface area (Å²) >= 11 is 2.71. The highest BCUT2D eigenvalue weighted by molar-refractivity contribution is 8.01. The molecule has 0 aliphatic rings. The number of aryl methyl sites for hydroxylation is 1. The fraction of sp³-hybridized carbons (Fsp3) is 0.438. The number of sulfonamides is 1. The van der Waals surface area contributed by atoms with Crippen molar-refractivity contribution in [1.82, 2.24) is 10.2 Å². The van der Waals surface area contributed by atoms with Gasteiger partial charge in [0, 0.05) is 17.9 Å². The maximum absolute atomic E-state index is 12.7. The first-order valence-corrected chi connectivity index (χ1v) is 12.2. The molecule has 1 atom stereocenters. The molecule has 0 spiro atoms. The lowest BCUT2D eigenvalue weighted by Crippen LogP contribution is -2.45. The molecule has 1 heterocycles. The van der Waals surface area contributed by atoms with Crippen molar-refractivity contribution in [2.24, 2.45) is 0 Å². The molecule has 0 saturated heterocycles. The van der Waals surface area contributed by atoms with Gasteiger partial charge in [0.05, 0.1) is 16.9 Å². The molecule has 158 valence electrons. The Morgan fingerprint density at radius 2 is 2.10 bits per heavy atom. The molecule has 0 aliphatic carbocycles. The average Bonchev–Trinajstić information content (AvgIpc) is 3.07. The van der Waals surface area contributed by atoms with Gasteiger partial charge in [0.1, 0.15) is 6.04 Å². The van der Waals surface area contributed by atoms with Gasteiger partial charge in [0.15, 0.2) is 4.34 Å². The number of anilines is 2. The van der Waals surface area contributed by atoms with Crippen molar-refractivity contribution in [1.29, 1.82) is 0 Å². The SMILES string of the molecule is CCCSc1nnc(NC(=O)C(C)N(c2cc([N+](=O)[O-])ccc2C)S(C)(=O)=O)s1. The standard InChI is InChI=1S/C16H21N5O5S3/c1-5-8-27-16-19-18-15(28-16)17-14(22)11(3)20(29(4,25)26)13-9-12(21(23)24)7-6-10(13)2/h6-7,9,11H,5,8H2,1-4H3,(H,17,18,22). The number of carbonyl (C=O) groups excluding carboxylic acids is 1. The van der Waals surface area contributed by atoms with Crippen LogP contribution >= 0.6 is 23.1 Å². The van der Waals surface area contributed by atoms with E-state index in [1.807, 2.05) is 6.92 Å². The Labute approximate surface area is 176 Å². The summed E-state index contributed by atoms with van der Waals surface area (Å²) in [6, 6.07) is 2.70. The average molecular weight is 460 g/mol. The van der Waals surface area contributed by atoms with E-state index >= 15 is 0 Å². The molecule has 0 fully saturated rings. The zero-order valence-corrected chi connectivity index (χ0v) is 18.7. The minimum Gasteiger partial charge on any atom is -0.299 e. The van der Waals surface area contributed by atoms with E-state index in [0.717, 1.165) is 28.8 Å². The van der Waals surface area contributed by atoms with E-state index in [1.54, 1.807) is 6.92 Å². The molecule has 1 unspecified atom stereocenters. The summed E-state index contributed by atoms with van der Waals surface area (Å²) in [6.07, 6.45) is 1.91. The molecule has 1 aromatic carbocycles. The maximum atomic E-state index is 12.7. The Morgan fingerprint density at radius 3 is 2.69 bits per heavy atom. The molecule has 0 bridgehead atoms. The number of hydrogen-bond acceptors (Lipinski definition) is 9. The van der Waals surface area contributed by atoms with Gasteiger partial charge >= 0.3 is 0 Å². The van der Waals surface area contributed by atoms with Crippen LogP contribution in [0.25, 0.3) is 0 Å². The van der Waals surface area contributed by atoms with Crippen molar-refractivity contribution >= 4 is 55.5 Å². The van der Waals surface area contributed by atoms with Crippen molar-refractivity contribution in [2.75, 3.05) is 21.6 Å². The molecule has 1 aromatic heterocycles. The number of nitrogens with zero attached hydrogens (tertiary/aromatic N) is 4. The molecule has 0 aliphatic heterocycles. The molecule has 13 heteroatoms. The molecule has 29 heavy (non-hydrogen) atoms. The topological polar surface area (TPSA) is 135 Å². The van der Waals surface area contributed by atoms with Gasteiger partial charge < -0.3 is 0 Å². The Balaban J connectivity index is 2.31. The monoisotopic (exact) mass is 459 g/mol. The van der Waals surface area contributed by atoms with E-state index in [1.165, 1.54) is 42.2 Å². The van der Waals surface area contributed by atoms with E-state index in [2.05, 4.69) is 15.5 Å². The highest BCUT2D eigenvalue weighted by atomic mass is 32.2. The second-order valence-corrected chi connectivity index (χ2v) is 10.4. The van der Waals surface area contributed by atoms with Crippen molar-refractivity contribution in [3.63, 3.8) is 0 Å². The molecule has 1 N–H and O–H groups in total. The molecule has 0 radical (unpaired) electrons. The van der Waals surface area contributed by atoms with Gasteiger partial charge in [-0.25, -0.2) is 8.42 Å². The van der Waals surface area contributed by atoms with Gasteiger partial charge in [0.2, 0.25) is 21.1 Å². The van der Waals surface area contributed by atoms with Gasteiger partial charge in [-0.1, -0.05) is 36.1 Å². The predicted octanol–water partition coefficient (Wildman–Crippen LogP) is 3.05. The number of nitrogens with one attached hydrogen (secondary N) is 1. The number of hydrogen-bond donors (Lipinski definition) is 1. The summed E-state index contributed by atoms with van der Waals surface area (Å²) in [6.45, 7) is 5.06. The lowest BCUT2D eigenvalue weighted by molar-refractivity contribution is -0.384. The zero-order chi connectivity index (χ0) is 21.8. The molecule has 2 aromatic rings. The summed E-state index contributed by atoms with van der Waals surface area (Å²) in [5, 5.41) is 21.8. The number of thioether (sulfide) groups is 1. The van der Waals surface area contributed by atoms with Crippen LogP contribution in [0.2, 0.25) is 0 Å². The number of carbonyl (C=O) groups is 1. The van der Waals surface area contributed by atoms with E-state index in [0.29, 0.717) is 9.90 Å². The summed E-state index contributed by atoms with van der Waals surface area (Å²) in [5.41, 5.74) is 0.282. The second kappa shape index (κ2) is 9.50. The summed E-state index contributed by atoms with van der Waals surface area (Å²) in [5.74, 6) is 0.247. The first-order valence-electron chi connectivity index (χ1n) is 8.56. The third-order valence-electron chi connectivity index (χ3n) is 3.80. The fourth-order valence-corrected chi connectivity index (χ4v) is 5.35. The Morgan fingerprint density at radius 1 is 1.41 bits per heavy atom. The quantitative estimate of drug-likeness (QED) is 0.262. The van der Waals surface area contributed by atoms with Crippen LogP contribution in [0.1, 0.15) is 25.8 Å². The first-order chi connectivity index (χ1) is 13.5. The number of amides is 1. The smallest absolute Gasteiger partial charge is 0.271 e. The first kappa shape index (κ1) is 23.0. The van der Waals surface area contributed by atoms with Crippen molar-refractivity contribution in [2.45, 2.75) is 37.6 Å². The van der Waals surface area contributed by atoms with Gasteiger partial charge in [-0.3, -0.25) is 24.5 Å². The van der Waals surface area contributed by atoms with Crippen LogP contribution in [0.4, 0.5) is 16.5 Å². The van der Waals surface area contributed by atoms with Gasteiger partial charge in [-0.2, -0.15) is 0 Å². The van der Waals surface area contributed by atoms with Gasteiger partial charge in [-0.15, -0.1) is 10.2 Å². The molecular weight excluding hydrogens is 438 g/mol. The number of non-ortho nitro benzene ring substituents is 1. The summed E-state index contributed by atoms with van der Waals surface area (Å²) in [4.78, 5) is 23.2. The largest absolute Gasteiger partial charge is 0.299 e. The number of aromatic nitrogens is 2. The van der Waals surface area contributed by atoms with Crippen LogP contribution in [0.15, 0.2) is 22.5 Å². The van der Waals surface area contributed by atoms with Crippen LogP contribution in [-0.4, -0.2) is 47.5 Å². The highest BCUT2D eigenvalue weighted by Crippen LogP contribution is 2.30. The highest BCUT2D eigenvalue weighted by Gasteiger charge is 2.31. The Kier molecular flexibility index (Phi) is 7.54. The number of nitro benzene ring substituents is 1. The minimum absolute atomic E-state index is 0.0702. The fourth-order valence-electron chi connectivity index (χ4n) is 2.45. The maximum Gasteiger partial charge on any atom is 0.271 e. The predicted molar refractivity (Wildman–Crippen MR) is 114 cm³/mol. The third-order valence-corrected chi connectivity index (χ3v) is 7.20. The van der Waals surface area contributed by atoms with E-state index in [4.69, 9.17) is 0 Å².